The number of piperidine rings is 1. The normalized spacial score (nSPS) is 16.9. The number of phenols is 1. The number of aromatic hydroxyl groups is 1. The Kier molecular flexibility index (Phi) is 3.90. The average Bonchev–Trinajstić information content (AvgIpc) is 2.38. The molecule has 3 nitrogen and oxygen atoms in total. The lowest BCUT2D eigenvalue weighted by Gasteiger charge is -2.33. The summed E-state index contributed by atoms with van der Waals surface area (Å²) in [6.07, 6.45) is 3.68. The summed E-state index contributed by atoms with van der Waals surface area (Å²) in [5, 5.41) is 9.84. The van der Waals surface area contributed by atoms with Crippen LogP contribution in [-0.4, -0.2) is 24.0 Å². The summed E-state index contributed by atoms with van der Waals surface area (Å²) in [6, 6.07) is 5.37. The molecule has 0 aromatic heterocycles. The van der Waals surface area contributed by atoms with Crippen LogP contribution in [0.4, 0.5) is 5.69 Å². The molecule has 1 aliphatic rings. The van der Waals surface area contributed by atoms with Gasteiger partial charge in [-0.25, -0.2) is 0 Å². The highest BCUT2D eigenvalue weighted by atomic mass is 16.3. The van der Waals surface area contributed by atoms with Crippen LogP contribution in [0.5, 0.6) is 5.75 Å². The van der Waals surface area contributed by atoms with Crippen LogP contribution in [0.3, 0.4) is 0 Å². The fraction of sp³-hybridized carbons (Fsp3) is 0.533. The van der Waals surface area contributed by atoms with Gasteiger partial charge in [0.2, 0.25) is 0 Å². The lowest BCUT2D eigenvalue weighted by molar-refractivity contribution is 0.101. The Labute approximate surface area is 108 Å². The average molecular weight is 247 g/mol. The van der Waals surface area contributed by atoms with Gasteiger partial charge in [-0.1, -0.05) is 13.3 Å². The standard InChI is InChI=1S/C15H21NO2/c1-3-12-6-8-16(9-7-12)13-4-5-14(11(2)17)15(18)10-13/h4-5,10,12,18H,3,6-9H2,1-2H3. The van der Waals surface area contributed by atoms with E-state index in [1.165, 1.54) is 26.2 Å². The molecule has 0 saturated carbocycles. The molecule has 0 aliphatic carbocycles. The number of carbonyl (C=O) groups excluding carboxylic acids is 1. The topological polar surface area (TPSA) is 40.5 Å². The van der Waals surface area contributed by atoms with Crippen LogP contribution in [0.25, 0.3) is 0 Å². The van der Waals surface area contributed by atoms with Crippen molar-refractivity contribution in [3.63, 3.8) is 0 Å². The van der Waals surface area contributed by atoms with Gasteiger partial charge < -0.3 is 10.0 Å². The lowest BCUT2D eigenvalue weighted by atomic mass is 9.94. The first-order valence-corrected chi connectivity index (χ1v) is 6.70. The zero-order chi connectivity index (χ0) is 13.1. The van der Waals surface area contributed by atoms with Crippen molar-refractivity contribution in [2.75, 3.05) is 18.0 Å². The van der Waals surface area contributed by atoms with Crippen molar-refractivity contribution >= 4 is 11.5 Å². The molecule has 1 aromatic carbocycles. The van der Waals surface area contributed by atoms with E-state index in [2.05, 4.69) is 11.8 Å². The van der Waals surface area contributed by atoms with Crippen LogP contribution < -0.4 is 4.90 Å². The molecule has 3 heteroatoms. The van der Waals surface area contributed by atoms with E-state index in [-0.39, 0.29) is 11.5 Å². The van der Waals surface area contributed by atoms with Gasteiger partial charge in [-0.15, -0.1) is 0 Å². The second kappa shape index (κ2) is 5.42. The predicted molar refractivity (Wildman–Crippen MR) is 73.3 cm³/mol. The number of ketones is 1. The van der Waals surface area contributed by atoms with Crippen LogP contribution in [0, 0.1) is 5.92 Å². The number of hydrogen-bond donors (Lipinski definition) is 1. The fourth-order valence-electron chi connectivity index (χ4n) is 2.61. The Morgan fingerprint density at radius 3 is 2.56 bits per heavy atom. The van der Waals surface area contributed by atoms with Crippen LogP contribution >= 0.6 is 0 Å². The van der Waals surface area contributed by atoms with Gasteiger partial charge in [-0.2, -0.15) is 0 Å². The molecule has 1 aliphatic heterocycles. The highest BCUT2D eigenvalue weighted by Gasteiger charge is 2.19. The highest BCUT2D eigenvalue weighted by molar-refractivity contribution is 5.97. The summed E-state index contributed by atoms with van der Waals surface area (Å²) in [6.45, 7) is 5.80. The van der Waals surface area contributed by atoms with E-state index in [0.29, 0.717) is 5.56 Å². The molecule has 98 valence electrons. The lowest BCUT2D eigenvalue weighted by Crippen LogP contribution is -2.33. The van der Waals surface area contributed by atoms with Crippen LogP contribution in [-0.2, 0) is 0 Å². The minimum Gasteiger partial charge on any atom is -0.507 e. The molecule has 1 heterocycles. The summed E-state index contributed by atoms with van der Waals surface area (Å²) >= 11 is 0. The molecule has 0 spiro atoms. The molecule has 1 fully saturated rings. The van der Waals surface area contributed by atoms with Crippen LogP contribution in [0.1, 0.15) is 43.5 Å². The number of phenolic OH excluding ortho intramolecular Hbond substituents is 1. The minimum atomic E-state index is -0.0938. The maximum absolute atomic E-state index is 11.3. The van der Waals surface area contributed by atoms with Gasteiger partial charge in [0, 0.05) is 24.8 Å². The molecule has 0 unspecified atom stereocenters. The predicted octanol–water partition coefficient (Wildman–Crippen LogP) is 3.22. The number of nitrogens with zero attached hydrogens (tertiary/aromatic N) is 1. The van der Waals surface area contributed by atoms with Gasteiger partial charge in [0.25, 0.3) is 0 Å². The second-order valence-electron chi connectivity index (χ2n) is 5.10. The first-order chi connectivity index (χ1) is 8.61. The third kappa shape index (κ3) is 2.66. The van der Waals surface area contributed by atoms with Crippen LogP contribution in [0.2, 0.25) is 0 Å². The van der Waals surface area contributed by atoms with Gasteiger partial charge in [0.15, 0.2) is 5.78 Å². The molecule has 1 N–H and O–H groups in total. The van der Waals surface area contributed by atoms with Crippen molar-refractivity contribution < 1.29 is 9.90 Å². The SMILES string of the molecule is CCC1CCN(c2ccc(C(C)=O)c(O)c2)CC1. The van der Waals surface area contributed by atoms with Crippen molar-refractivity contribution in [3.8, 4) is 5.75 Å². The summed E-state index contributed by atoms with van der Waals surface area (Å²) in [5.74, 6) is 0.840. The third-order valence-corrected chi connectivity index (χ3v) is 3.92. The number of benzene rings is 1. The van der Waals surface area contributed by atoms with Crippen molar-refractivity contribution in [1.29, 1.82) is 0 Å². The van der Waals surface area contributed by atoms with Crippen molar-refractivity contribution in [2.24, 2.45) is 5.92 Å². The Hall–Kier alpha value is -1.51. The van der Waals surface area contributed by atoms with Gasteiger partial charge in [0.05, 0.1) is 5.56 Å². The third-order valence-electron chi connectivity index (χ3n) is 3.92. The molecule has 1 saturated heterocycles. The van der Waals surface area contributed by atoms with Crippen molar-refractivity contribution in [2.45, 2.75) is 33.1 Å². The number of rotatable bonds is 3. The molecule has 18 heavy (non-hydrogen) atoms. The highest BCUT2D eigenvalue weighted by Crippen LogP contribution is 2.29. The number of hydrogen-bond acceptors (Lipinski definition) is 3. The monoisotopic (exact) mass is 247 g/mol. The first kappa shape index (κ1) is 12.9. The van der Waals surface area contributed by atoms with E-state index in [0.717, 1.165) is 24.7 Å². The summed E-state index contributed by atoms with van der Waals surface area (Å²) in [4.78, 5) is 13.5. The minimum absolute atomic E-state index is 0.0938. The summed E-state index contributed by atoms with van der Waals surface area (Å²) in [7, 11) is 0. The Balaban J connectivity index is 2.11. The maximum Gasteiger partial charge on any atom is 0.163 e. The van der Waals surface area contributed by atoms with Gasteiger partial charge in [-0.05, 0) is 37.8 Å². The van der Waals surface area contributed by atoms with E-state index >= 15 is 0 Å². The number of Topliss-reactive ketones (excluding diaryl/α,β-unsaturated/α-hetero) is 1. The molecule has 0 radical (unpaired) electrons. The summed E-state index contributed by atoms with van der Waals surface area (Å²) in [5.41, 5.74) is 1.43. The molecular formula is C15H21NO2. The van der Waals surface area contributed by atoms with E-state index in [1.54, 1.807) is 12.1 Å². The van der Waals surface area contributed by atoms with E-state index in [1.807, 2.05) is 6.07 Å². The Morgan fingerprint density at radius 2 is 2.06 bits per heavy atom. The van der Waals surface area contributed by atoms with Gasteiger partial charge >= 0.3 is 0 Å². The second-order valence-corrected chi connectivity index (χ2v) is 5.10. The molecule has 2 rings (SSSR count). The van der Waals surface area contributed by atoms with Crippen molar-refractivity contribution in [3.05, 3.63) is 23.8 Å². The molecular weight excluding hydrogens is 226 g/mol. The van der Waals surface area contributed by atoms with E-state index in [9.17, 15) is 9.90 Å². The molecule has 1 aromatic rings. The zero-order valence-electron chi connectivity index (χ0n) is 11.1. The van der Waals surface area contributed by atoms with Crippen molar-refractivity contribution in [1.82, 2.24) is 0 Å². The number of carbonyl (C=O) groups is 1. The Bertz CT molecular complexity index is 434. The maximum atomic E-state index is 11.3. The largest absolute Gasteiger partial charge is 0.507 e. The van der Waals surface area contributed by atoms with E-state index in [4.69, 9.17) is 0 Å². The summed E-state index contributed by atoms with van der Waals surface area (Å²) < 4.78 is 0. The quantitative estimate of drug-likeness (QED) is 0.834. The van der Waals surface area contributed by atoms with Gasteiger partial charge in [0.1, 0.15) is 5.75 Å². The first-order valence-electron chi connectivity index (χ1n) is 6.70. The van der Waals surface area contributed by atoms with E-state index < -0.39 is 0 Å². The molecule has 0 bridgehead atoms. The number of anilines is 1. The molecule has 0 amide bonds. The molecule has 0 atom stereocenters. The fourth-order valence-corrected chi connectivity index (χ4v) is 2.61. The van der Waals surface area contributed by atoms with Crippen LogP contribution in [0.15, 0.2) is 18.2 Å². The zero-order valence-corrected chi connectivity index (χ0v) is 11.1. The smallest absolute Gasteiger partial charge is 0.163 e. The Morgan fingerprint density at radius 1 is 1.39 bits per heavy atom. The van der Waals surface area contributed by atoms with Gasteiger partial charge in [-0.3, -0.25) is 4.79 Å².